The van der Waals surface area contributed by atoms with E-state index in [1.807, 2.05) is 18.3 Å². The molecule has 1 unspecified atom stereocenters. The fourth-order valence-corrected chi connectivity index (χ4v) is 6.81. The van der Waals surface area contributed by atoms with Crippen LogP contribution >= 0.6 is 0 Å². The molecule has 3 nitrogen and oxygen atoms in total. The lowest BCUT2D eigenvalue weighted by Crippen LogP contribution is -2.53. The van der Waals surface area contributed by atoms with E-state index in [2.05, 4.69) is 41.1 Å². The van der Waals surface area contributed by atoms with Gasteiger partial charge in [0.25, 0.3) is 0 Å². The molecule has 1 atom stereocenters. The number of rotatable bonds is 5. The van der Waals surface area contributed by atoms with Crippen LogP contribution in [0.4, 0.5) is 8.78 Å². The molecule has 35 heavy (non-hydrogen) atoms. The molecule has 2 aliphatic carbocycles. The maximum atomic E-state index is 14.0. The summed E-state index contributed by atoms with van der Waals surface area (Å²) in [5.74, 6) is -1.86. The summed E-state index contributed by atoms with van der Waals surface area (Å²) < 4.78 is 28.0. The first-order chi connectivity index (χ1) is 16.5. The summed E-state index contributed by atoms with van der Waals surface area (Å²) in [6.45, 7) is 7.43. The molecule has 2 N–H and O–H groups in total. The Hall–Kier alpha value is -2.24. The van der Waals surface area contributed by atoms with Crippen molar-refractivity contribution in [2.75, 3.05) is 6.54 Å². The number of benzene rings is 2. The average Bonchev–Trinajstić information content (AvgIpc) is 3.50. The molecule has 3 aliphatic rings. The number of nitrogens with zero attached hydrogens (tertiary/aromatic N) is 1. The zero-order valence-electron chi connectivity index (χ0n) is 21.0. The molecular weight excluding hydrogens is 442 g/mol. The van der Waals surface area contributed by atoms with Crippen LogP contribution in [0, 0.1) is 12.3 Å². The van der Waals surface area contributed by atoms with Crippen LogP contribution in [0.3, 0.4) is 0 Å². The monoisotopic (exact) mass is 478 g/mol. The van der Waals surface area contributed by atoms with E-state index in [-0.39, 0.29) is 24.3 Å². The van der Waals surface area contributed by atoms with Crippen molar-refractivity contribution in [2.24, 2.45) is 5.41 Å². The van der Waals surface area contributed by atoms with Crippen molar-refractivity contribution in [1.29, 1.82) is 0 Å². The minimum Gasteiger partial charge on any atom is -0.386 e. The topological polar surface area (TPSA) is 39.3 Å². The van der Waals surface area contributed by atoms with Crippen molar-refractivity contribution in [2.45, 2.75) is 89.3 Å². The number of aliphatic hydroxyl groups is 1. The third-order valence-corrected chi connectivity index (χ3v) is 8.83. The number of likely N-dealkylation sites (tertiary alicyclic amines) is 1. The summed E-state index contributed by atoms with van der Waals surface area (Å²) in [6, 6.07) is 12.9. The van der Waals surface area contributed by atoms with Crippen LogP contribution in [0.25, 0.3) is 10.9 Å². The zero-order chi connectivity index (χ0) is 24.6. The second-order valence-electron chi connectivity index (χ2n) is 12.1. The third-order valence-electron chi connectivity index (χ3n) is 8.83. The molecule has 0 radical (unpaired) electrons. The van der Waals surface area contributed by atoms with E-state index in [9.17, 15) is 13.9 Å². The molecule has 186 valence electrons. The number of aryl methyl sites for hydroxylation is 1. The van der Waals surface area contributed by atoms with Crippen LogP contribution < -0.4 is 0 Å². The fraction of sp³-hybridized carbons (Fsp3) is 0.533. The lowest BCUT2D eigenvalue weighted by molar-refractivity contribution is -0.186. The fourth-order valence-electron chi connectivity index (χ4n) is 6.81. The van der Waals surface area contributed by atoms with Gasteiger partial charge < -0.3 is 10.1 Å². The number of H-pyrrole nitrogens is 1. The number of fused-ring (bicyclic) bond motifs is 1. The van der Waals surface area contributed by atoms with E-state index >= 15 is 0 Å². The molecule has 2 aromatic carbocycles. The van der Waals surface area contributed by atoms with Crippen molar-refractivity contribution in [1.82, 2.24) is 9.88 Å². The van der Waals surface area contributed by atoms with Crippen LogP contribution in [0.1, 0.15) is 92.1 Å². The van der Waals surface area contributed by atoms with Gasteiger partial charge in [0.15, 0.2) is 0 Å². The lowest BCUT2D eigenvalue weighted by atomic mass is 9.59. The molecule has 2 heterocycles. The van der Waals surface area contributed by atoms with Gasteiger partial charge in [0.1, 0.15) is 0 Å². The number of hydrogen-bond donors (Lipinski definition) is 2. The van der Waals surface area contributed by atoms with E-state index < -0.39 is 11.5 Å². The number of piperidine rings is 1. The Morgan fingerprint density at radius 2 is 1.83 bits per heavy atom. The number of hydrogen-bond acceptors (Lipinski definition) is 2. The van der Waals surface area contributed by atoms with Crippen LogP contribution in [0.2, 0.25) is 0 Å². The molecule has 6 rings (SSSR count). The molecule has 2 saturated carbocycles. The largest absolute Gasteiger partial charge is 0.386 e. The Morgan fingerprint density at radius 3 is 2.46 bits per heavy atom. The second-order valence-corrected chi connectivity index (χ2v) is 12.1. The molecule has 0 bridgehead atoms. The predicted octanol–water partition coefficient (Wildman–Crippen LogP) is 7.33. The first-order valence-electron chi connectivity index (χ1n) is 13.1. The maximum absolute atomic E-state index is 14.0. The SMILES string of the molecule is Cc1cc(C2CC2)c(CN2CCC3(CC2c2ccc(C(C)(C)O)cc2)CC(F)(F)C3)c2cc[nH]c12. The quantitative estimate of drug-likeness (QED) is 0.403. The van der Waals surface area contributed by atoms with Crippen molar-refractivity contribution in [3.05, 3.63) is 70.4 Å². The Labute approximate surface area is 206 Å². The summed E-state index contributed by atoms with van der Waals surface area (Å²) in [7, 11) is 0. The van der Waals surface area contributed by atoms with Crippen LogP contribution in [-0.4, -0.2) is 27.5 Å². The molecule has 1 aliphatic heterocycles. The van der Waals surface area contributed by atoms with Gasteiger partial charge in [-0.1, -0.05) is 30.3 Å². The van der Waals surface area contributed by atoms with Gasteiger partial charge in [0.05, 0.1) is 5.60 Å². The van der Waals surface area contributed by atoms with Gasteiger partial charge in [-0.2, -0.15) is 0 Å². The molecular formula is C30H36F2N2O. The van der Waals surface area contributed by atoms with E-state index in [0.29, 0.717) is 5.92 Å². The molecule has 3 aromatic rings. The minimum atomic E-state index is -2.51. The summed E-state index contributed by atoms with van der Waals surface area (Å²) >= 11 is 0. The number of halogens is 2. The van der Waals surface area contributed by atoms with E-state index in [4.69, 9.17) is 0 Å². The van der Waals surface area contributed by atoms with Gasteiger partial charge in [0.2, 0.25) is 5.92 Å². The minimum absolute atomic E-state index is 0.0198. The van der Waals surface area contributed by atoms with Gasteiger partial charge in [-0.3, -0.25) is 4.90 Å². The van der Waals surface area contributed by atoms with E-state index in [1.165, 1.54) is 40.4 Å². The van der Waals surface area contributed by atoms with Crippen LogP contribution in [0.5, 0.6) is 0 Å². The predicted molar refractivity (Wildman–Crippen MR) is 136 cm³/mol. The van der Waals surface area contributed by atoms with Crippen LogP contribution in [-0.2, 0) is 12.1 Å². The molecule has 1 aromatic heterocycles. The maximum Gasteiger partial charge on any atom is 0.249 e. The number of nitrogens with one attached hydrogen (secondary N) is 1. The van der Waals surface area contributed by atoms with Crippen molar-refractivity contribution in [3.8, 4) is 0 Å². The number of alkyl halides is 2. The van der Waals surface area contributed by atoms with E-state index in [1.54, 1.807) is 13.8 Å². The lowest BCUT2D eigenvalue weighted by Gasteiger charge is -2.55. The number of aromatic nitrogens is 1. The van der Waals surface area contributed by atoms with Crippen molar-refractivity contribution < 1.29 is 13.9 Å². The molecule has 1 spiro atoms. The first-order valence-corrected chi connectivity index (χ1v) is 13.1. The zero-order valence-corrected chi connectivity index (χ0v) is 21.0. The Balaban J connectivity index is 1.36. The van der Waals surface area contributed by atoms with Gasteiger partial charge in [-0.25, -0.2) is 8.78 Å². The van der Waals surface area contributed by atoms with Crippen LogP contribution in [0.15, 0.2) is 42.6 Å². The smallest absolute Gasteiger partial charge is 0.249 e. The highest BCUT2D eigenvalue weighted by atomic mass is 19.3. The van der Waals surface area contributed by atoms with Crippen molar-refractivity contribution >= 4 is 10.9 Å². The Bertz CT molecular complexity index is 1240. The van der Waals surface area contributed by atoms with E-state index in [0.717, 1.165) is 37.1 Å². The molecule has 3 fully saturated rings. The molecule has 5 heteroatoms. The normalized spacial score (nSPS) is 24.1. The highest BCUT2D eigenvalue weighted by Gasteiger charge is 2.58. The summed E-state index contributed by atoms with van der Waals surface area (Å²) in [5, 5.41) is 11.7. The molecule has 1 saturated heterocycles. The first kappa shape index (κ1) is 23.2. The average molecular weight is 479 g/mol. The number of aromatic amines is 1. The van der Waals surface area contributed by atoms with Gasteiger partial charge in [0, 0.05) is 42.5 Å². The summed E-state index contributed by atoms with van der Waals surface area (Å²) in [6.07, 6.45) is 6.18. The Kier molecular flexibility index (Phi) is 5.22. The van der Waals surface area contributed by atoms with Gasteiger partial charge in [-0.05, 0) is 98.2 Å². The van der Waals surface area contributed by atoms with Gasteiger partial charge in [-0.15, -0.1) is 0 Å². The van der Waals surface area contributed by atoms with Crippen molar-refractivity contribution in [3.63, 3.8) is 0 Å². The highest BCUT2D eigenvalue weighted by molar-refractivity contribution is 5.87. The van der Waals surface area contributed by atoms with Gasteiger partial charge >= 0.3 is 0 Å². The third kappa shape index (κ3) is 4.21. The summed E-state index contributed by atoms with van der Waals surface area (Å²) in [4.78, 5) is 5.96. The second kappa shape index (κ2) is 7.88. The highest BCUT2D eigenvalue weighted by Crippen LogP contribution is 2.60. The Morgan fingerprint density at radius 1 is 1.11 bits per heavy atom. The molecule has 0 amide bonds. The standard InChI is InChI=1S/C30H36F2N2O/c1-19-14-24(20-4-5-20)25(23-10-12-33-27(19)23)16-34-13-11-29(17-30(31,32)18-29)15-26(34)21-6-8-22(9-7-21)28(2,3)35/h6-10,12,14,20,26,33,35H,4-5,11,13,15-18H2,1-3H3. The summed E-state index contributed by atoms with van der Waals surface area (Å²) in [5.41, 5.74) is 6.27.